The van der Waals surface area contributed by atoms with Gasteiger partial charge in [0.2, 0.25) is 5.91 Å². The molecule has 1 aromatic heterocycles. The molecule has 1 aliphatic heterocycles. The molecule has 39 heavy (non-hydrogen) atoms. The molecule has 7 nitrogen and oxygen atoms in total. The highest BCUT2D eigenvalue weighted by atomic mass is 19.1. The molecule has 3 aromatic rings. The smallest absolute Gasteiger partial charge is 0.273 e. The van der Waals surface area contributed by atoms with Crippen LogP contribution in [0.5, 0.6) is 0 Å². The Labute approximate surface area is 223 Å². The minimum atomic E-state index is -0.829. The standard InChI is InChI=1S/C29H29F3N4O3/c30-19-3-1-2-18(12-19)29(9-10-29)34-27(37)22-16-36(15-17-4-5-17)11-8-24(22)33-28(38)25-14-26(39-35-25)21-7-6-20(31)13-23(21)32/h1-3,6-7,12-14,17,22,24H,4-5,8-11,15-16H2,(H,33,38)(H,34,37)/t22-,24-/m0/s1. The summed E-state index contributed by atoms with van der Waals surface area (Å²) in [4.78, 5) is 29.0. The van der Waals surface area contributed by atoms with Crippen molar-refractivity contribution in [2.24, 2.45) is 11.8 Å². The van der Waals surface area contributed by atoms with Crippen LogP contribution in [-0.4, -0.2) is 47.5 Å². The summed E-state index contributed by atoms with van der Waals surface area (Å²) in [7, 11) is 0. The topological polar surface area (TPSA) is 87.5 Å². The number of carbonyl (C=O) groups is 2. The molecule has 1 saturated heterocycles. The zero-order valence-corrected chi connectivity index (χ0v) is 21.3. The Kier molecular flexibility index (Phi) is 6.66. The van der Waals surface area contributed by atoms with Crippen LogP contribution in [0.2, 0.25) is 0 Å². The van der Waals surface area contributed by atoms with Crippen molar-refractivity contribution in [2.75, 3.05) is 19.6 Å². The molecule has 10 heteroatoms. The van der Waals surface area contributed by atoms with Crippen LogP contribution in [0.3, 0.4) is 0 Å². The predicted octanol–water partition coefficient (Wildman–Crippen LogP) is 4.39. The molecule has 0 spiro atoms. The molecular weight excluding hydrogens is 509 g/mol. The molecule has 2 amide bonds. The summed E-state index contributed by atoms with van der Waals surface area (Å²) in [6, 6.07) is 10.2. The average Bonchev–Trinajstić information content (AvgIpc) is 3.83. The van der Waals surface area contributed by atoms with Gasteiger partial charge in [-0.05, 0) is 67.9 Å². The van der Waals surface area contributed by atoms with Crippen molar-refractivity contribution in [3.8, 4) is 11.3 Å². The summed E-state index contributed by atoms with van der Waals surface area (Å²) in [6.45, 7) is 2.16. The van der Waals surface area contributed by atoms with Crippen LogP contribution in [0, 0.1) is 29.3 Å². The van der Waals surface area contributed by atoms with E-state index in [9.17, 15) is 22.8 Å². The lowest BCUT2D eigenvalue weighted by Crippen LogP contribution is -2.57. The van der Waals surface area contributed by atoms with Gasteiger partial charge in [-0.2, -0.15) is 0 Å². The largest absolute Gasteiger partial charge is 0.355 e. The number of benzene rings is 2. The van der Waals surface area contributed by atoms with Crippen molar-refractivity contribution in [1.82, 2.24) is 20.7 Å². The molecule has 2 heterocycles. The number of aromatic nitrogens is 1. The second-order valence-corrected chi connectivity index (χ2v) is 11.0. The summed E-state index contributed by atoms with van der Waals surface area (Å²) < 4.78 is 46.5. The van der Waals surface area contributed by atoms with E-state index in [-0.39, 0.29) is 28.7 Å². The van der Waals surface area contributed by atoms with Crippen LogP contribution in [0.1, 0.15) is 48.2 Å². The van der Waals surface area contributed by atoms with Gasteiger partial charge in [-0.1, -0.05) is 17.3 Å². The fourth-order valence-electron chi connectivity index (χ4n) is 5.46. The van der Waals surface area contributed by atoms with Crippen LogP contribution >= 0.6 is 0 Å². The quantitative estimate of drug-likeness (QED) is 0.444. The lowest BCUT2D eigenvalue weighted by atomic mass is 9.90. The molecule has 6 rings (SSSR count). The predicted molar refractivity (Wildman–Crippen MR) is 136 cm³/mol. The highest BCUT2D eigenvalue weighted by Crippen LogP contribution is 2.46. The molecule has 0 radical (unpaired) electrons. The van der Waals surface area contributed by atoms with E-state index in [0.717, 1.165) is 43.6 Å². The minimum absolute atomic E-state index is 0.00281. The van der Waals surface area contributed by atoms with E-state index < -0.39 is 35.0 Å². The van der Waals surface area contributed by atoms with Crippen LogP contribution in [0.15, 0.2) is 53.1 Å². The first-order chi connectivity index (χ1) is 18.8. The number of hydrogen-bond donors (Lipinski definition) is 2. The van der Waals surface area contributed by atoms with Crippen LogP contribution in [-0.2, 0) is 10.3 Å². The van der Waals surface area contributed by atoms with Gasteiger partial charge in [0.15, 0.2) is 11.5 Å². The first kappa shape index (κ1) is 25.6. The maximum absolute atomic E-state index is 14.2. The summed E-state index contributed by atoms with van der Waals surface area (Å²) in [6.07, 6.45) is 4.40. The number of likely N-dealkylation sites (tertiary alicyclic amines) is 1. The Balaban J connectivity index is 1.18. The fourth-order valence-corrected chi connectivity index (χ4v) is 5.46. The monoisotopic (exact) mass is 538 g/mol. The zero-order valence-electron chi connectivity index (χ0n) is 21.3. The SMILES string of the molecule is O=C(N[C@H]1CCN(CC2CC2)C[C@@H]1C(=O)NC1(c2cccc(F)c2)CC1)c1cc(-c2ccc(F)cc2F)on1. The van der Waals surface area contributed by atoms with E-state index in [1.54, 1.807) is 6.07 Å². The van der Waals surface area contributed by atoms with Gasteiger partial charge in [0.05, 0.1) is 17.0 Å². The summed E-state index contributed by atoms with van der Waals surface area (Å²) in [5.74, 6) is -2.50. The van der Waals surface area contributed by atoms with Crippen molar-refractivity contribution in [3.05, 3.63) is 77.2 Å². The number of carbonyl (C=O) groups excluding carboxylic acids is 2. The highest BCUT2D eigenvalue weighted by molar-refractivity contribution is 5.94. The van der Waals surface area contributed by atoms with E-state index in [1.807, 2.05) is 6.07 Å². The van der Waals surface area contributed by atoms with Crippen molar-refractivity contribution >= 4 is 11.8 Å². The number of amides is 2. The van der Waals surface area contributed by atoms with Crippen LogP contribution in [0.25, 0.3) is 11.3 Å². The molecular formula is C29H29F3N4O3. The van der Waals surface area contributed by atoms with Gasteiger partial charge in [-0.3, -0.25) is 9.59 Å². The number of nitrogens with one attached hydrogen (secondary N) is 2. The number of halogens is 3. The summed E-state index contributed by atoms with van der Waals surface area (Å²) in [5, 5.41) is 9.87. The molecule has 2 aromatic carbocycles. The van der Waals surface area contributed by atoms with Gasteiger partial charge in [0.25, 0.3) is 5.91 Å². The van der Waals surface area contributed by atoms with Gasteiger partial charge in [-0.15, -0.1) is 0 Å². The number of hydrogen-bond acceptors (Lipinski definition) is 5. The Morgan fingerprint density at radius 3 is 2.54 bits per heavy atom. The second-order valence-electron chi connectivity index (χ2n) is 11.0. The summed E-state index contributed by atoms with van der Waals surface area (Å²) >= 11 is 0. The van der Waals surface area contributed by atoms with E-state index in [4.69, 9.17) is 4.52 Å². The minimum Gasteiger partial charge on any atom is -0.355 e. The first-order valence-corrected chi connectivity index (χ1v) is 13.3. The van der Waals surface area contributed by atoms with Crippen LogP contribution < -0.4 is 10.6 Å². The molecule has 2 aliphatic carbocycles. The van der Waals surface area contributed by atoms with E-state index in [1.165, 1.54) is 37.1 Å². The Bertz CT molecular complexity index is 1400. The number of nitrogens with zero attached hydrogens (tertiary/aromatic N) is 2. The molecule has 204 valence electrons. The zero-order chi connectivity index (χ0) is 27.1. The molecule has 0 bridgehead atoms. The van der Waals surface area contributed by atoms with Crippen molar-refractivity contribution in [3.63, 3.8) is 0 Å². The Morgan fingerprint density at radius 1 is 1.03 bits per heavy atom. The van der Waals surface area contributed by atoms with Gasteiger partial charge in [-0.25, -0.2) is 13.2 Å². The summed E-state index contributed by atoms with van der Waals surface area (Å²) in [5.41, 5.74) is 0.0739. The van der Waals surface area contributed by atoms with E-state index in [0.29, 0.717) is 18.9 Å². The third-order valence-corrected chi connectivity index (χ3v) is 7.99. The molecule has 3 fully saturated rings. The number of piperidine rings is 1. The van der Waals surface area contributed by atoms with Crippen molar-refractivity contribution in [2.45, 2.75) is 43.7 Å². The van der Waals surface area contributed by atoms with Gasteiger partial charge in [0.1, 0.15) is 17.5 Å². The van der Waals surface area contributed by atoms with E-state index >= 15 is 0 Å². The molecule has 2 atom stereocenters. The third-order valence-electron chi connectivity index (χ3n) is 7.99. The third kappa shape index (κ3) is 5.56. The van der Waals surface area contributed by atoms with Crippen LogP contribution in [0.4, 0.5) is 13.2 Å². The molecule has 2 saturated carbocycles. The van der Waals surface area contributed by atoms with Crippen molar-refractivity contribution < 1.29 is 27.3 Å². The maximum Gasteiger partial charge on any atom is 0.273 e. The normalized spacial score (nSPS) is 22.3. The Hall–Kier alpha value is -3.66. The van der Waals surface area contributed by atoms with Crippen molar-refractivity contribution in [1.29, 1.82) is 0 Å². The van der Waals surface area contributed by atoms with Gasteiger partial charge < -0.3 is 20.1 Å². The first-order valence-electron chi connectivity index (χ1n) is 13.3. The fraction of sp³-hybridized carbons (Fsp3) is 0.414. The molecule has 0 unspecified atom stereocenters. The van der Waals surface area contributed by atoms with Gasteiger partial charge in [0, 0.05) is 37.8 Å². The molecule has 3 aliphatic rings. The second kappa shape index (κ2) is 10.1. The maximum atomic E-state index is 14.2. The van der Waals surface area contributed by atoms with E-state index in [2.05, 4.69) is 20.7 Å². The lowest BCUT2D eigenvalue weighted by Gasteiger charge is -2.38. The Morgan fingerprint density at radius 2 is 1.82 bits per heavy atom. The lowest BCUT2D eigenvalue weighted by molar-refractivity contribution is -0.128. The molecule has 2 N–H and O–H groups in total. The number of rotatable bonds is 8. The highest BCUT2D eigenvalue weighted by Gasteiger charge is 2.48. The van der Waals surface area contributed by atoms with Gasteiger partial charge >= 0.3 is 0 Å². The average molecular weight is 539 g/mol.